The van der Waals surface area contributed by atoms with E-state index in [0.717, 1.165) is 11.3 Å². The third-order valence-corrected chi connectivity index (χ3v) is 2.94. The average molecular weight is 252 g/mol. The SMILES string of the molecule is CCOc1ccc(C(NN)C2COCCO2)cc1. The van der Waals surface area contributed by atoms with Gasteiger partial charge in [-0.05, 0) is 24.6 Å². The second-order valence-corrected chi connectivity index (χ2v) is 4.13. The highest BCUT2D eigenvalue weighted by Gasteiger charge is 2.25. The van der Waals surface area contributed by atoms with Crippen LogP contribution in [-0.2, 0) is 9.47 Å². The largest absolute Gasteiger partial charge is 0.494 e. The van der Waals surface area contributed by atoms with E-state index < -0.39 is 0 Å². The van der Waals surface area contributed by atoms with Crippen LogP contribution >= 0.6 is 0 Å². The molecule has 1 aliphatic rings. The molecule has 1 fully saturated rings. The van der Waals surface area contributed by atoms with Crippen LogP contribution in [0.25, 0.3) is 0 Å². The molecule has 0 saturated carbocycles. The van der Waals surface area contributed by atoms with Crippen LogP contribution in [0.5, 0.6) is 5.75 Å². The van der Waals surface area contributed by atoms with Gasteiger partial charge in [-0.25, -0.2) is 0 Å². The summed E-state index contributed by atoms with van der Waals surface area (Å²) in [6.07, 6.45) is -0.0540. The lowest BCUT2D eigenvalue weighted by Crippen LogP contribution is -2.43. The highest BCUT2D eigenvalue weighted by Crippen LogP contribution is 2.23. The Hall–Kier alpha value is -1.14. The Kier molecular flexibility index (Phi) is 4.95. The minimum Gasteiger partial charge on any atom is -0.494 e. The second kappa shape index (κ2) is 6.70. The summed E-state index contributed by atoms with van der Waals surface area (Å²) in [7, 11) is 0. The van der Waals surface area contributed by atoms with Gasteiger partial charge in [0, 0.05) is 0 Å². The number of rotatable bonds is 5. The summed E-state index contributed by atoms with van der Waals surface area (Å²) >= 11 is 0. The van der Waals surface area contributed by atoms with Crippen molar-refractivity contribution in [3.8, 4) is 5.75 Å². The molecule has 3 N–H and O–H groups in total. The molecule has 100 valence electrons. The molecule has 1 heterocycles. The van der Waals surface area contributed by atoms with Crippen LogP contribution in [0.2, 0.25) is 0 Å². The molecule has 5 heteroatoms. The van der Waals surface area contributed by atoms with Gasteiger partial charge >= 0.3 is 0 Å². The standard InChI is InChI=1S/C13H20N2O3/c1-2-17-11-5-3-10(4-6-11)13(15-14)12-9-16-7-8-18-12/h3-6,12-13,15H,2,7-9,14H2,1H3. The molecule has 0 amide bonds. The second-order valence-electron chi connectivity index (χ2n) is 4.13. The molecule has 1 saturated heterocycles. The van der Waals surface area contributed by atoms with E-state index in [4.69, 9.17) is 20.1 Å². The summed E-state index contributed by atoms with van der Waals surface area (Å²) in [4.78, 5) is 0. The van der Waals surface area contributed by atoms with Crippen molar-refractivity contribution in [1.82, 2.24) is 5.43 Å². The summed E-state index contributed by atoms with van der Waals surface area (Å²) in [6, 6.07) is 7.79. The monoisotopic (exact) mass is 252 g/mol. The molecule has 2 atom stereocenters. The lowest BCUT2D eigenvalue weighted by atomic mass is 10.0. The van der Waals surface area contributed by atoms with Crippen molar-refractivity contribution in [1.29, 1.82) is 0 Å². The Balaban J connectivity index is 2.06. The van der Waals surface area contributed by atoms with E-state index in [1.165, 1.54) is 0 Å². The van der Waals surface area contributed by atoms with E-state index in [1.807, 2.05) is 31.2 Å². The number of hydrazine groups is 1. The van der Waals surface area contributed by atoms with Crippen molar-refractivity contribution in [3.63, 3.8) is 0 Å². The lowest BCUT2D eigenvalue weighted by Gasteiger charge is -2.30. The van der Waals surface area contributed by atoms with Crippen LogP contribution in [0.3, 0.4) is 0 Å². The Bertz CT molecular complexity index is 350. The van der Waals surface area contributed by atoms with Crippen LogP contribution in [0, 0.1) is 0 Å². The van der Waals surface area contributed by atoms with Crippen molar-refractivity contribution in [2.45, 2.75) is 19.1 Å². The normalized spacial score (nSPS) is 21.6. The highest BCUT2D eigenvalue weighted by atomic mass is 16.6. The molecule has 1 aromatic rings. The average Bonchev–Trinajstić information content (AvgIpc) is 2.43. The van der Waals surface area contributed by atoms with Crippen molar-refractivity contribution in [2.24, 2.45) is 5.84 Å². The van der Waals surface area contributed by atoms with Crippen molar-refractivity contribution < 1.29 is 14.2 Å². The predicted molar refractivity (Wildman–Crippen MR) is 68.2 cm³/mol. The van der Waals surface area contributed by atoms with E-state index in [1.54, 1.807) is 0 Å². The molecule has 1 aromatic carbocycles. The quantitative estimate of drug-likeness (QED) is 0.604. The fourth-order valence-electron chi connectivity index (χ4n) is 2.05. The van der Waals surface area contributed by atoms with Gasteiger partial charge in [0.15, 0.2) is 0 Å². The molecule has 0 aliphatic carbocycles. The number of ether oxygens (including phenoxy) is 3. The Morgan fingerprint density at radius 3 is 2.72 bits per heavy atom. The molecule has 0 radical (unpaired) electrons. The lowest BCUT2D eigenvalue weighted by molar-refractivity contribution is -0.102. The molecular formula is C13H20N2O3. The summed E-state index contributed by atoms with van der Waals surface area (Å²) in [5, 5.41) is 0. The number of nitrogens with one attached hydrogen (secondary N) is 1. The van der Waals surface area contributed by atoms with E-state index >= 15 is 0 Å². The first-order valence-electron chi connectivity index (χ1n) is 6.23. The first kappa shape index (κ1) is 13.3. The van der Waals surface area contributed by atoms with Crippen LogP contribution in [0.15, 0.2) is 24.3 Å². The van der Waals surface area contributed by atoms with Gasteiger partial charge in [-0.1, -0.05) is 12.1 Å². The minimum absolute atomic E-state index is 0.0540. The maximum Gasteiger partial charge on any atom is 0.119 e. The Morgan fingerprint density at radius 1 is 1.39 bits per heavy atom. The fraction of sp³-hybridized carbons (Fsp3) is 0.538. The van der Waals surface area contributed by atoms with Gasteiger partial charge < -0.3 is 14.2 Å². The third kappa shape index (κ3) is 3.20. The molecule has 5 nitrogen and oxygen atoms in total. The summed E-state index contributed by atoms with van der Waals surface area (Å²) in [6.45, 7) is 4.45. The molecule has 2 unspecified atom stereocenters. The zero-order valence-corrected chi connectivity index (χ0v) is 10.6. The molecule has 2 rings (SSSR count). The van der Waals surface area contributed by atoms with Crippen LogP contribution in [-0.4, -0.2) is 32.5 Å². The van der Waals surface area contributed by atoms with Gasteiger partial charge in [-0.2, -0.15) is 0 Å². The maximum absolute atomic E-state index is 5.66. The summed E-state index contributed by atoms with van der Waals surface area (Å²) in [5.41, 5.74) is 3.86. The number of hydrogen-bond acceptors (Lipinski definition) is 5. The summed E-state index contributed by atoms with van der Waals surface area (Å²) in [5.74, 6) is 6.47. The molecular weight excluding hydrogens is 232 g/mol. The minimum atomic E-state index is -0.0685. The first-order valence-corrected chi connectivity index (χ1v) is 6.23. The first-order chi connectivity index (χ1) is 8.85. The smallest absolute Gasteiger partial charge is 0.119 e. The van der Waals surface area contributed by atoms with Crippen molar-refractivity contribution in [2.75, 3.05) is 26.4 Å². The molecule has 0 spiro atoms. The zero-order chi connectivity index (χ0) is 12.8. The molecule has 0 bridgehead atoms. The number of hydrogen-bond donors (Lipinski definition) is 2. The predicted octanol–water partition coefficient (Wildman–Crippen LogP) is 1.01. The van der Waals surface area contributed by atoms with Crippen LogP contribution in [0.4, 0.5) is 0 Å². The van der Waals surface area contributed by atoms with Gasteiger partial charge in [-0.15, -0.1) is 0 Å². The van der Waals surface area contributed by atoms with Gasteiger partial charge in [0.1, 0.15) is 11.9 Å². The van der Waals surface area contributed by atoms with Gasteiger partial charge in [0.05, 0.1) is 32.5 Å². The third-order valence-electron chi connectivity index (χ3n) is 2.94. The number of benzene rings is 1. The Labute approximate surface area is 107 Å². The van der Waals surface area contributed by atoms with Crippen molar-refractivity contribution in [3.05, 3.63) is 29.8 Å². The number of nitrogens with two attached hydrogens (primary N) is 1. The molecule has 1 aliphatic heterocycles. The van der Waals surface area contributed by atoms with Crippen molar-refractivity contribution >= 4 is 0 Å². The highest BCUT2D eigenvalue weighted by molar-refractivity contribution is 5.29. The van der Waals surface area contributed by atoms with E-state index in [-0.39, 0.29) is 12.1 Å². The zero-order valence-electron chi connectivity index (χ0n) is 10.6. The van der Waals surface area contributed by atoms with Crippen LogP contribution < -0.4 is 16.0 Å². The van der Waals surface area contributed by atoms with Gasteiger partial charge in [0.25, 0.3) is 0 Å². The van der Waals surface area contributed by atoms with E-state index in [2.05, 4.69) is 5.43 Å². The molecule has 18 heavy (non-hydrogen) atoms. The Morgan fingerprint density at radius 2 is 2.17 bits per heavy atom. The maximum atomic E-state index is 5.66. The summed E-state index contributed by atoms with van der Waals surface area (Å²) < 4.78 is 16.5. The van der Waals surface area contributed by atoms with E-state index in [9.17, 15) is 0 Å². The fourth-order valence-corrected chi connectivity index (χ4v) is 2.05. The van der Waals surface area contributed by atoms with Gasteiger partial charge in [0.2, 0.25) is 0 Å². The molecule has 0 aromatic heterocycles. The topological polar surface area (TPSA) is 65.7 Å². The van der Waals surface area contributed by atoms with Crippen LogP contribution in [0.1, 0.15) is 18.5 Å². The van der Waals surface area contributed by atoms with Gasteiger partial charge in [-0.3, -0.25) is 11.3 Å². The van der Waals surface area contributed by atoms with E-state index in [0.29, 0.717) is 26.4 Å².